The number of hydrogen-bond donors (Lipinski definition) is 0. The molecule has 0 fully saturated rings. The van der Waals surface area contributed by atoms with E-state index >= 15 is 0 Å². The number of hydrogen-bond acceptors (Lipinski definition) is 2. The van der Waals surface area contributed by atoms with Crippen molar-refractivity contribution in [3.63, 3.8) is 0 Å². The molecule has 1 heterocycles. The van der Waals surface area contributed by atoms with Gasteiger partial charge in [0.2, 0.25) is 0 Å². The van der Waals surface area contributed by atoms with E-state index in [9.17, 15) is 0 Å². The summed E-state index contributed by atoms with van der Waals surface area (Å²) in [6.45, 7) is 4.71. The number of nitrogens with zero attached hydrogens (tertiary/aromatic N) is 2. The molecular formula is C47H34N2. The molecule has 232 valence electrons. The molecule has 0 N–H and O–H groups in total. The van der Waals surface area contributed by atoms with Gasteiger partial charge in [0, 0.05) is 22.1 Å². The Labute approximate surface area is 287 Å². The van der Waals surface area contributed by atoms with Crippen LogP contribution in [0, 0.1) is 0 Å². The molecule has 0 saturated heterocycles. The normalized spacial score (nSPS) is 12.9. The molecule has 1 aliphatic rings. The fourth-order valence-electron chi connectivity index (χ4n) is 7.56. The van der Waals surface area contributed by atoms with Gasteiger partial charge >= 0.3 is 0 Å². The summed E-state index contributed by atoms with van der Waals surface area (Å²) in [5, 5.41) is 2.57. The highest BCUT2D eigenvalue weighted by molar-refractivity contribution is 5.98. The van der Waals surface area contributed by atoms with Crippen molar-refractivity contribution in [2.75, 3.05) is 0 Å². The molecule has 7 aromatic carbocycles. The third-order valence-corrected chi connectivity index (χ3v) is 10.1. The minimum Gasteiger partial charge on any atom is -0.228 e. The van der Waals surface area contributed by atoms with Crippen LogP contribution in [0.5, 0.6) is 0 Å². The summed E-state index contributed by atoms with van der Waals surface area (Å²) in [6, 6.07) is 60.6. The van der Waals surface area contributed by atoms with Gasteiger partial charge in [0.25, 0.3) is 0 Å². The Morgan fingerprint density at radius 2 is 0.918 bits per heavy atom. The molecule has 0 spiro atoms. The molecule has 8 aromatic rings. The van der Waals surface area contributed by atoms with Crippen molar-refractivity contribution in [3.8, 4) is 67.3 Å². The molecule has 0 unspecified atom stereocenters. The first-order valence-electron chi connectivity index (χ1n) is 16.9. The van der Waals surface area contributed by atoms with Crippen LogP contribution in [0.25, 0.3) is 78.1 Å². The highest BCUT2D eigenvalue weighted by Crippen LogP contribution is 2.53. The minimum absolute atomic E-state index is 0.0711. The van der Waals surface area contributed by atoms with Gasteiger partial charge in [-0.25, -0.2) is 9.97 Å². The number of fused-ring (bicyclic) bond motifs is 4. The van der Waals surface area contributed by atoms with E-state index in [1.54, 1.807) is 0 Å². The van der Waals surface area contributed by atoms with Crippen molar-refractivity contribution >= 4 is 10.8 Å². The molecule has 1 aliphatic carbocycles. The molecule has 9 rings (SSSR count). The monoisotopic (exact) mass is 626 g/mol. The molecule has 2 nitrogen and oxygen atoms in total. The topological polar surface area (TPSA) is 25.8 Å². The highest BCUT2D eigenvalue weighted by Gasteiger charge is 2.37. The second-order valence-corrected chi connectivity index (χ2v) is 13.4. The van der Waals surface area contributed by atoms with Gasteiger partial charge in [-0.05, 0) is 73.5 Å². The number of benzene rings is 7. The third kappa shape index (κ3) is 4.96. The van der Waals surface area contributed by atoms with Crippen LogP contribution in [0.15, 0.2) is 170 Å². The van der Waals surface area contributed by atoms with Gasteiger partial charge in [0.15, 0.2) is 5.82 Å². The van der Waals surface area contributed by atoms with Crippen LogP contribution in [0.1, 0.15) is 25.0 Å². The average Bonchev–Trinajstić information content (AvgIpc) is 3.39. The number of rotatable bonds is 5. The van der Waals surface area contributed by atoms with E-state index < -0.39 is 0 Å². The van der Waals surface area contributed by atoms with Crippen LogP contribution in [0.3, 0.4) is 0 Å². The molecule has 0 saturated carbocycles. The van der Waals surface area contributed by atoms with Crippen molar-refractivity contribution < 1.29 is 0 Å². The molecule has 0 radical (unpaired) electrons. The Morgan fingerprint density at radius 1 is 0.367 bits per heavy atom. The molecule has 1 aromatic heterocycles. The Hall–Kier alpha value is -6.12. The summed E-state index contributed by atoms with van der Waals surface area (Å²) in [6.07, 6.45) is 0. The van der Waals surface area contributed by atoms with Gasteiger partial charge in [-0.1, -0.05) is 166 Å². The fourth-order valence-corrected chi connectivity index (χ4v) is 7.56. The summed E-state index contributed by atoms with van der Waals surface area (Å²) in [5.41, 5.74) is 15.1. The van der Waals surface area contributed by atoms with Gasteiger partial charge < -0.3 is 0 Å². The zero-order chi connectivity index (χ0) is 33.0. The lowest BCUT2D eigenvalue weighted by atomic mass is 9.81. The summed E-state index contributed by atoms with van der Waals surface area (Å²) in [7, 11) is 0. The molecule has 2 heteroatoms. The zero-order valence-corrected chi connectivity index (χ0v) is 27.6. The lowest BCUT2D eigenvalue weighted by Crippen LogP contribution is -2.14. The van der Waals surface area contributed by atoms with E-state index in [-0.39, 0.29) is 5.41 Å². The summed E-state index contributed by atoms with van der Waals surface area (Å²) >= 11 is 0. The van der Waals surface area contributed by atoms with E-state index in [4.69, 9.17) is 9.97 Å². The fraction of sp³-hybridized carbons (Fsp3) is 0.0638. The minimum atomic E-state index is -0.0711. The van der Waals surface area contributed by atoms with Gasteiger partial charge in [-0.2, -0.15) is 0 Å². The molecular weight excluding hydrogens is 593 g/mol. The van der Waals surface area contributed by atoms with Gasteiger partial charge in [-0.15, -0.1) is 0 Å². The lowest BCUT2D eigenvalue weighted by molar-refractivity contribution is 0.661. The molecule has 0 atom stereocenters. The smallest absolute Gasteiger partial charge is 0.160 e. The van der Waals surface area contributed by atoms with Crippen molar-refractivity contribution in [1.82, 2.24) is 9.97 Å². The van der Waals surface area contributed by atoms with Crippen LogP contribution in [0.2, 0.25) is 0 Å². The van der Waals surface area contributed by atoms with Crippen LogP contribution >= 0.6 is 0 Å². The van der Waals surface area contributed by atoms with E-state index in [2.05, 4.69) is 159 Å². The molecule has 0 amide bonds. The summed E-state index contributed by atoms with van der Waals surface area (Å²) < 4.78 is 0. The third-order valence-electron chi connectivity index (χ3n) is 10.1. The van der Waals surface area contributed by atoms with Crippen molar-refractivity contribution in [2.45, 2.75) is 19.3 Å². The van der Waals surface area contributed by atoms with E-state index in [0.29, 0.717) is 0 Å². The van der Waals surface area contributed by atoms with Crippen LogP contribution in [0.4, 0.5) is 0 Å². The van der Waals surface area contributed by atoms with E-state index in [1.807, 2.05) is 24.3 Å². The first-order valence-corrected chi connectivity index (χ1v) is 16.9. The molecule has 0 aliphatic heterocycles. The van der Waals surface area contributed by atoms with Gasteiger partial charge in [0.1, 0.15) is 0 Å². The maximum atomic E-state index is 5.14. The Balaban J connectivity index is 1.15. The van der Waals surface area contributed by atoms with Crippen molar-refractivity contribution in [1.29, 1.82) is 0 Å². The van der Waals surface area contributed by atoms with Crippen LogP contribution in [-0.2, 0) is 5.41 Å². The maximum Gasteiger partial charge on any atom is 0.160 e. The molecule has 49 heavy (non-hydrogen) atoms. The molecule has 0 bridgehead atoms. The van der Waals surface area contributed by atoms with Crippen molar-refractivity contribution in [3.05, 3.63) is 181 Å². The summed E-state index contributed by atoms with van der Waals surface area (Å²) in [4.78, 5) is 10.1. The quantitative estimate of drug-likeness (QED) is 0.190. The average molecular weight is 627 g/mol. The first kappa shape index (κ1) is 29.1. The maximum absolute atomic E-state index is 5.14. The second kappa shape index (κ2) is 11.5. The Bertz CT molecular complexity index is 2440. The number of aromatic nitrogens is 2. The first-order chi connectivity index (χ1) is 24.0. The Kier molecular flexibility index (Phi) is 6.84. The highest BCUT2D eigenvalue weighted by atomic mass is 14.9. The predicted octanol–water partition coefficient (Wildman–Crippen LogP) is 12.3. The van der Waals surface area contributed by atoms with Crippen LogP contribution in [-0.4, -0.2) is 9.97 Å². The van der Waals surface area contributed by atoms with Crippen LogP contribution < -0.4 is 0 Å². The van der Waals surface area contributed by atoms with Crippen molar-refractivity contribution in [2.24, 2.45) is 0 Å². The standard InChI is InChI=1S/C47H34N2/c1-47(2)41-23-13-22-38(45(41)40-28-35-18-9-10-19-36(35)29-42(40)47)32-26-24-31(25-27-32)37-20-11-12-21-39(37)44-30-43(33-14-5-3-6-15-33)48-46(49-44)34-16-7-4-8-17-34/h3-30H,1-2H3. The lowest BCUT2D eigenvalue weighted by Gasteiger charge is -2.22. The van der Waals surface area contributed by atoms with Gasteiger partial charge in [-0.3, -0.25) is 0 Å². The zero-order valence-electron chi connectivity index (χ0n) is 27.6. The largest absolute Gasteiger partial charge is 0.228 e. The Morgan fingerprint density at radius 3 is 1.63 bits per heavy atom. The second-order valence-electron chi connectivity index (χ2n) is 13.4. The van der Waals surface area contributed by atoms with E-state index in [0.717, 1.165) is 45.0 Å². The van der Waals surface area contributed by atoms with E-state index in [1.165, 1.54) is 44.2 Å². The SMILES string of the molecule is CC1(C)c2cc3ccccc3cc2-c2c(-c3ccc(-c4ccccc4-c4cc(-c5ccccc5)nc(-c5ccccc5)n4)cc3)cccc21. The summed E-state index contributed by atoms with van der Waals surface area (Å²) in [5.74, 6) is 0.719. The van der Waals surface area contributed by atoms with Gasteiger partial charge in [0.05, 0.1) is 11.4 Å². The predicted molar refractivity (Wildman–Crippen MR) is 204 cm³/mol.